The van der Waals surface area contributed by atoms with Gasteiger partial charge in [0.2, 0.25) is 5.91 Å². The second kappa shape index (κ2) is 10.5. The van der Waals surface area contributed by atoms with Crippen molar-refractivity contribution in [2.45, 2.75) is 39.2 Å². The van der Waals surface area contributed by atoms with Crippen LogP contribution in [0.1, 0.15) is 33.6 Å². The molecule has 0 heterocycles. The summed E-state index contributed by atoms with van der Waals surface area (Å²) in [6, 6.07) is 0. The molecule has 1 atom stereocenters. The summed E-state index contributed by atoms with van der Waals surface area (Å²) in [7, 11) is 0. The van der Waals surface area contributed by atoms with Gasteiger partial charge in [-0.05, 0) is 32.6 Å². The standard InChI is InChI=1S/C14H27NO6/c1-11(4-7-21-14(2,3)5-6-16)8-15-12(17)9-20-10-13(18)19/h11,16H,4-10H2,1-3H3,(H,15,17)(H,18,19). The minimum absolute atomic E-state index is 0.0922. The highest BCUT2D eigenvalue weighted by Gasteiger charge is 2.17. The van der Waals surface area contributed by atoms with E-state index in [1.165, 1.54) is 0 Å². The van der Waals surface area contributed by atoms with Crippen molar-refractivity contribution in [3.8, 4) is 0 Å². The highest BCUT2D eigenvalue weighted by Crippen LogP contribution is 2.15. The Morgan fingerprint density at radius 1 is 1.29 bits per heavy atom. The topological polar surface area (TPSA) is 105 Å². The molecule has 7 nitrogen and oxygen atoms in total. The van der Waals surface area contributed by atoms with Crippen molar-refractivity contribution in [2.75, 3.05) is 33.0 Å². The number of aliphatic carboxylic acids is 1. The second-order valence-electron chi connectivity index (χ2n) is 5.67. The van der Waals surface area contributed by atoms with Gasteiger partial charge < -0.3 is 25.0 Å². The summed E-state index contributed by atoms with van der Waals surface area (Å²) < 4.78 is 10.4. The molecule has 0 aromatic rings. The summed E-state index contributed by atoms with van der Waals surface area (Å²) in [6.45, 7) is 6.25. The fraction of sp³-hybridized carbons (Fsp3) is 0.857. The Kier molecular flexibility index (Phi) is 9.94. The molecule has 7 heteroatoms. The third-order valence-corrected chi connectivity index (χ3v) is 2.92. The molecule has 0 saturated heterocycles. The summed E-state index contributed by atoms with van der Waals surface area (Å²) in [4.78, 5) is 21.6. The number of carbonyl (C=O) groups excluding carboxylic acids is 1. The zero-order chi connectivity index (χ0) is 16.3. The Morgan fingerprint density at radius 3 is 2.52 bits per heavy atom. The summed E-state index contributed by atoms with van der Waals surface area (Å²) in [5, 5.41) is 19.9. The van der Waals surface area contributed by atoms with E-state index in [1.54, 1.807) is 0 Å². The van der Waals surface area contributed by atoms with Crippen LogP contribution in [0, 0.1) is 5.92 Å². The fourth-order valence-electron chi connectivity index (χ4n) is 1.55. The fourth-order valence-corrected chi connectivity index (χ4v) is 1.55. The molecule has 1 amide bonds. The maximum Gasteiger partial charge on any atom is 0.329 e. The van der Waals surface area contributed by atoms with Gasteiger partial charge in [0.1, 0.15) is 13.2 Å². The van der Waals surface area contributed by atoms with Crippen LogP contribution in [0.5, 0.6) is 0 Å². The van der Waals surface area contributed by atoms with Gasteiger partial charge in [-0.25, -0.2) is 4.79 Å². The van der Waals surface area contributed by atoms with E-state index in [0.29, 0.717) is 19.6 Å². The first kappa shape index (κ1) is 19.8. The zero-order valence-corrected chi connectivity index (χ0v) is 13.1. The quantitative estimate of drug-likeness (QED) is 0.482. The first-order valence-electron chi connectivity index (χ1n) is 7.08. The molecule has 0 fully saturated rings. The molecule has 0 aliphatic heterocycles. The lowest BCUT2D eigenvalue weighted by Gasteiger charge is -2.25. The van der Waals surface area contributed by atoms with E-state index in [2.05, 4.69) is 10.1 Å². The van der Waals surface area contributed by atoms with Crippen LogP contribution in [0.3, 0.4) is 0 Å². The van der Waals surface area contributed by atoms with E-state index < -0.39 is 12.6 Å². The van der Waals surface area contributed by atoms with Crippen molar-refractivity contribution in [1.29, 1.82) is 0 Å². The van der Waals surface area contributed by atoms with Gasteiger partial charge in [-0.2, -0.15) is 0 Å². The van der Waals surface area contributed by atoms with Gasteiger partial charge in [-0.3, -0.25) is 4.79 Å². The molecule has 3 N–H and O–H groups in total. The minimum atomic E-state index is -1.10. The van der Waals surface area contributed by atoms with Gasteiger partial charge in [-0.1, -0.05) is 6.92 Å². The van der Waals surface area contributed by atoms with Crippen molar-refractivity contribution >= 4 is 11.9 Å². The maximum absolute atomic E-state index is 11.4. The monoisotopic (exact) mass is 305 g/mol. The Bertz CT molecular complexity index is 319. The first-order chi connectivity index (χ1) is 9.76. The highest BCUT2D eigenvalue weighted by atomic mass is 16.5. The molecule has 0 spiro atoms. The third kappa shape index (κ3) is 12.3. The number of nitrogens with one attached hydrogen (secondary N) is 1. The number of ether oxygens (including phenoxy) is 2. The number of carboxylic acids is 1. The SMILES string of the molecule is CC(CCOC(C)(C)CCO)CNC(=O)COCC(=O)O. The van der Waals surface area contributed by atoms with E-state index in [4.69, 9.17) is 14.9 Å². The van der Waals surface area contributed by atoms with Crippen molar-refractivity contribution < 1.29 is 29.3 Å². The van der Waals surface area contributed by atoms with Gasteiger partial charge in [0, 0.05) is 19.8 Å². The molecule has 124 valence electrons. The summed E-state index contributed by atoms with van der Waals surface area (Å²) in [5.41, 5.74) is -0.345. The molecule has 0 rings (SSSR count). The molecule has 0 radical (unpaired) electrons. The molecule has 0 aromatic carbocycles. The number of carbonyl (C=O) groups is 2. The van der Waals surface area contributed by atoms with Crippen molar-refractivity contribution in [3.63, 3.8) is 0 Å². The lowest BCUT2D eigenvalue weighted by molar-refractivity contribution is -0.143. The van der Waals surface area contributed by atoms with Crippen molar-refractivity contribution in [1.82, 2.24) is 5.32 Å². The summed E-state index contributed by atoms with van der Waals surface area (Å²) in [6.07, 6.45) is 1.37. The van der Waals surface area contributed by atoms with Crippen LogP contribution in [-0.4, -0.2) is 60.7 Å². The number of aliphatic hydroxyl groups is 1. The van der Waals surface area contributed by atoms with Gasteiger partial charge in [0.05, 0.1) is 5.60 Å². The third-order valence-electron chi connectivity index (χ3n) is 2.92. The Labute approximate surface area is 125 Å². The molecule has 21 heavy (non-hydrogen) atoms. The van der Waals surface area contributed by atoms with Crippen LogP contribution in [0.4, 0.5) is 0 Å². The average Bonchev–Trinajstić information content (AvgIpc) is 2.35. The van der Waals surface area contributed by atoms with Crippen LogP contribution >= 0.6 is 0 Å². The van der Waals surface area contributed by atoms with Crippen LogP contribution in [0.2, 0.25) is 0 Å². The lowest BCUT2D eigenvalue weighted by atomic mass is 10.1. The normalized spacial score (nSPS) is 13.0. The zero-order valence-electron chi connectivity index (χ0n) is 13.1. The van der Waals surface area contributed by atoms with Gasteiger partial charge in [0.25, 0.3) is 0 Å². The highest BCUT2D eigenvalue weighted by molar-refractivity contribution is 5.77. The number of aliphatic hydroxyl groups excluding tert-OH is 1. The molecular formula is C14H27NO6. The predicted octanol–water partition coefficient (Wildman–Crippen LogP) is 0.408. The Morgan fingerprint density at radius 2 is 1.95 bits per heavy atom. The molecule has 0 aliphatic rings. The van der Waals surface area contributed by atoms with Gasteiger partial charge in [-0.15, -0.1) is 0 Å². The maximum atomic E-state index is 11.4. The molecule has 0 aliphatic carbocycles. The van der Waals surface area contributed by atoms with Crippen LogP contribution in [0.15, 0.2) is 0 Å². The van der Waals surface area contributed by atoms with E-state index in [-0.39, 0.29) is 30.6 Å². The van der Waals surface area contributed by atoms with E-state index >= 15 is 0 Å². The van der Waals surface area contributed by atoms with Crippen LogP contribution in [-0.2, 0) is 19.1 Å². The lowest BCUT2D eigenvalue weighted by Crippen LogP contribution is -2.33. The van der Waals surface area contributed by atoms with E-state index in [9.17, 15) is 9.59 Å². The van der Waals surface area contributed by atoms with Gasteiger partial charge >= 0.3 is 5.97 Å². The van der Waals surface area contributed by atoms with Crippen molar-refractivity contribution in [3.05, 3.63) is 0 Å². The van der Waals surface area contributed by atoms with Crippen LogP contribution in [0.25, 0.3) is 0 Å². The molecule has 0 saturated carbocycles. The molecule has 0 aromatic heterocycles. The number of amides is 1. The number of carboxylic acid groups (broad SMARTS) is 1. The largest absolute Gasteiger partial charge is 0.480 e. The first-order valence-corrected chi connectivity index (χ1v) is 7.08. The van der Waals surface area contributed by atoms with E-state index in [1.807, 2.05) is 20.8 Å². The number of hydrogen-bond donors (Lipinski definition) is 3. The smallest absolute Gasteiger partial charge is 0.329 e. The van der Waals surface area contributed by atoms with Crippen LogP contribution < -0.4 is 5.32 Å². The molecular weight excluding hydrogens is 278 g/mol. The molecule has 1 unspecified atom stereocenters. The minimum Gasteiger partial charge on any atom is -0.480 e. The van der Waals surface area contributed by atoms with E-state index in [0.717, 1.165) is 6.42 Å². The average molecular weight is 305 g/mol. The Balaban J connectivity index is 3.68. The summed E-state index contributed by atoms with van der Waals surface area (Å²) >= 11 is 0. The molecule has 0 bridgehead atoms. The number of rotatable bonds is 12. The summed E-state index contributed by atoms with van der Waals surface area (Å²) in [5.74, 6) is -1.19. The number of hydrogen-bond acceptors (Lipinski definition) is 5. The Hall–Kier alpha value is -1.18. The van der Waals surface area contributed by atoms with Crippen molar-refractivity contribution in [2.24, 2.45) is 5.92 Å². The van der Waals surface area contributed by atoms with Gasteiger partial charge in [0.15, 0.2) is 0 Å². The second-order valence-corrected chi connectivity index (χ2v) is 5.67. The predicted molar refractivity (Wildman–Crippen MR) is 77.0 cm³/mol.